The predicted octanol–water partition coefficient (Wildman–Crippen LogP) is 4.28. The lowest BCUT2D eigenvalue weighted by atomic mass is 9.95. The maximum absolute atomic E-state index is 12.7. The summed E-state index contributed by atoms with van der Waals surface area (Å²) in [6.45, 7) is 5.62. The Hall–Kier alpha value is -3.24. The molecule has 0 saturated carbocycles. The second-order valence-corrected chi connectivity index (χ2v) is 11.0. The summed E-state index contributed by atoms with van der Waals surface area (Å²) in [5.41, 5.74) is 2.21. The van der Waals surface area contributed by atoms with Crippen molar-refractivity contribution in [2.45, 2.75) is 51.0 Å². The van der Waals surface area contributed by atoms with E-state index in [0.717, 1.165) is 54.5 Å². The van der Waals surface area contributed by atoms with Crippen molar-refractivity contribution in [3.05, 3.63) is 48.3 Å². The number of pyridine rings is 1. The number of fused-ring (bicyclic) bond motifs is 1. The van der Waals surface area contributed by atoms with E-state index in [0.29, 0.717) is 32.5 Å². The molecule has 2 aromatic rings. The van der Waals surface area contributed by atoms with Gasteiger partial charge in [0.15, 0.2) is 11.5 Å². The molecular weight excluding hydrogens is 514 g/mol. The Balaban J connectivity index is 1.34. The van der Waals surface area contributed by atoms with Gasteiger partial charge in [-0.15, -0.1) is 0 Å². The Bertz CT molecular complexity index is 1200. The number of amides is 3. The molecule has 0 bridgehead atoms. The molecule has 1 aromatic carbocycles. The third kappa shape index (κ3) is 6.17. The highest BCUT2D eigenvalue weighted by Crippen LogP contribution is 2.39. The van der Waals surface area contributed by atoms with Crippen LogP contribution in [0.15, 0.2) is 42.7 Å². The van der Waals surface area contributed by atoms with E-state index in [1.165, 1.54) is 10.5 Å². The Labute approximate surface area is 235 Å². The van der Waals surface area contributed by atoms with E-state index >= 15 is 0 Å². The maximum atomic E-state index is 12.7. The number of carbonyl (C=O) groups excluding carboxylic acids is 2. The normalized spacial score (nSPS) is 21.1. The van der Waals surface area contributed by atoms with Crippen molar-refractivity contribution in [1.29, 1.82) is 0 Å². The van der Waals surface area contributed by atoms with E-state index in [1.807, 2.05) is 18.3 Å². The van der Waals surface area contributed by atoms with Crippen LogP contribution in [0.4, 0.5) is 10.5 Å². The van der Waals surface area contributed by atoms with Gasteiger partial charge in [0.1, 0.15) is 0 Å². The number of aromatic nitrogens is 1. The molecule has 3 aliphatic rings. The van der Waals surface area contributed by atoms with Gasteiger partial charge >= 0.3 is 6.03 Å². The third-order valence-corrected chi connectivity index (χ3v) is 8.28. The molecule has 0 radical (unpaired) electrons. The van der Waals surface area contributed by atoms with Crippen molar-refractivity contribution in [3.8, 4) is 11.5 Å². The standard InChI is InChI=1S/C29H37N5O4S/c1-3-4-12-33(24-6-5-11-30-17-24)28(39)19-32-18-22(21-7-8-25-26(16-21)38-20-37-25)15-23(32)9-14-34-27(35)10-13-31(2)29(34)36/h5-8,11,16-17,22-23H,3-4,9-10,12-15,18-20H2,1-2H3/t22-,23+/m1/s1. The minimum absolute atomic E-state index is 0.0900. The van der Waals surface area contributed by atoms with Crippen LogP contribution in [0.5, 0.6) is 11.5 Å². The number of anilines is 1. The number of rotatable bonds is 10. The van der Waals surface area contributed by atoms with Crippen molar-refractivity contribution >= 4 is 34.8 Å². The number of unbranched alkanes of at least 4 members (excludes halogenated alkanes) is 1. The van der Waals surface area contributed by atoms with E-state index in [-0.39, 0.29) is 30.7 Å². The first kappa shape index (κ1) is 27.3. The fourth-order valence-electron chi connectivity index (χ4n) is 5.68. The average molecular weight is 552 g/mol. The molecule has 0 aliphatic carbocycles. The van der Waals surface area contributed by atoms with Crippen molar-refractivity contribution < 1.29 is 19.1 Å². The number of thiocarbonyl (C=S) groups is 1. The minimum atomic E-state index is -0.207. The van der Waals surface area contributed by atoms with Gasteiger partial charge in [-0.1, -0.05) is 31.6 Å². The topological polar surface area (TPSA) is 78.5 Å². The number of benzene rings is 1. The molecule has 0 N–H and O–H groups in total. The van der Waals surface area contributed by atoms with Gasteiger partial charge in [-0.3, -0.25) is 19.6 Å². The molecule has 2 saturated heterocycles. The van der Waals surface area contributed by atoms with E-state index in [9.17, 15) is 9.59 Å². The van der Waals surface area contributed by atoms with Crippen molar-refractivity contribution in [2.24, 2.45) is 0 Å². The SMILES string of the molecule is CCCCN(C(=S)CN1C[C@H](c2ccc3c(c2)OCO3)C[C@@H]1CCN1C(=O)CCN(C)C1=O)c1cccnc1. The van der Waals surface area contributed by atoms with Gasteiger partial charge in [-0.2, -0.15) is 0 Å². The molecule has 1 aromatic heterocycles. The number of nitrogens with zero attached hydrogens (tertiary/aromatic N) is 5. The third-order valence-electron chi connectivity index (χ3n) is 7.93. The second kappa shape index (κ2) is 12.3. The molecule has 3 amide bonds. The number of carbonyl (C=O) groups is 2. The number of likely N-dealkylation sites (tertiary alicyclic amines) is 1. The zero-order valence-electron chi connectivity index (χ0n) is 22.8. The summed E-state index contributed by atoms with van der Waals surface area (Å²) in [5, 5.41) is 0. The molecule has 39 heavy (non-hydrogen) atoms. The van der Waals surface area contributed by atoms with Gasteiger partial charge in [0.2, 0.25) is 12.7 Å². The van der Waals surface area contributed by atoms with Crippen LogP contribution in [0.25, 0.3) is 0 Å². The molecular formula is C29H37N5O4S. The van der Waals surface area contributed by atoms with Gasteiger partial charge in [-0.25, -0.2) is 4.79 Å². The summed E-state index contributed by atoms with van der Waals surface area (Å²) in [6, 6.07) is 10.1. The van der Waals surface area contributed by atoms with E-state index in [4.69, 9.17) is 21.7 Å². The first-order chi connectivity index (χ1) is 18.9. The summed E-state index contributed by atoms with van der Waals surface area (Å²) in [6.07, 6.45) is 7.74. The Kier molecular flexibility index (Phi) is 8.62. The highest BCUT2D eigenvalue weighted by molar-refractivity contribution is 7.80. The largest absolute Gasteiger partial charge is 0.454 e. The van der Waals surface area contributed by atoms with Crippen LogP contribution in [0.2, 0.25) is 0 Å². The summed E-state index contributed by atoms with van der Waals surface area (Å²) in [7, 11) is 1.75. The molecule has 3 aliphatic heterocycles. The first-order valence-corrected chi connectivity index (χ1v) is 14.2. The van der Waals surface area contributed by atoms with Crippen LogP contribution in [0.3, 0.4) is 0 Å². The first-order valence-electron chi connectivity index (χ1n) is 13.8. The van der Waals surface area contributed by atoms with E-state index in [2.05, 4.69) is 39.9 Å². The molecule has 0 unspecified atom stereocenters. The molecule has 2 fully saturated rings. The number of hydrogen-bond acceptors (Lipinski definition) is 7. The predicted molar refractivity (Wildman–Crippen MR) is 153 cm³/mol. The second-order valence-electron chi connectivity index (χ2n) is 10.5. The smallest absolute Gasteiger partial charge is 0.326 e. The van der Waals surface area contributed by atoms with Gasteiger partial charge in [0.05, 0.1) is 16.9 Å². The lowest BCUT2D eigenvalue weighted by Crippen LogP contribution is -2.51. The molecule has 208 valence electrons. The lowest BCUT2D eigenvalue weighted by molar-refractivity contribution is -0.130. The van der Waals surface area contributed by atoms with Crippen LogP contribution in [0, 0.1) is 0 Å². The van der Waals surface area contributed by atoms with Crippen LogP contribution in [-0.4, -0.2) is 89.2 Å². The zero-order valence-corrected chi connectivity index (χ0v) is 23.6. The average Bonchev–Trinajstić information content (AvgIpc) is 3.58. The van der Waals surface area contributed by atoms with Crippen LogP contribution >= 0.6 is 12.2 Å². The monoisotopic (exact) mass is 551 g/mol. The van der Waals surface area contributed by atoms with Crippen LogP contribution in [0.1, 0.15) is 50.5 Å². The Morgan fingerprint density at radius 3 is 2.85 bits per heavy atom. The zero-order chi connectivity index (χ0) is 27.4. The van der Waals surface area contributed by atoms with Gasteiger partial charge < -0.3 is 19.3 Å². The Morgan fingerprint density at radius 2 is 2.05 bits per heavy atom. The van der Waals surface area contributed by atoms with Gasteiger partial charge in [0.25, 0.3) is 0 Å². The van der Waals surface area contributed by atoms with Gasteiger partial charge in [0, 0.05) is 58.4 Å². The number of hydrogen-bond donors (Lipinski definition) is 0. The number of imide groups is 1. The van der Waals surface area contributed by atoms with Crippen molar-refractivity contribution in [2.75, 3.05) is 51.5 Å². The minimum Gasteiger partial charge on any atom is -0.454 e. The lowest BCUT2D eigenvalue weighted by Gasteiger charge is -2.34. The molecule has 4 heterocycles. The molecule has 5 rings (SSSR count). The van der Waals surface area contributed by atoms with E-state index in [1.54, 1.807) is 18.1 Å². The molecule has 0 spiro atoms. The molecule has 9 nitrogen and oxygen atoms in total. The quantitative estimate of drug-likeness (QED) is 0.405. The fourth-order valence-corrected chi connectivity index (χ4v) is 6.04. The Morgan fingerprint density at radius 1 is 1.21 bits per heavy atom. The number of urea groups is 1. The number of ether oxygens (including phenoxy) is 2. The summed E-state index contributed by atoms with van der Waals surface area (Å²) < 4.78 is 11.2. The van der Waals surface area contributed by atoms with Crippen molar-refractivity contribution in [3.63, 3.8) is 0 Å². The summed E-state index contributed by atoms with van der Waals surface area (Å²) >= 11 is 6.04. The van der Waals surface area contributed by atoms with E-state index < -0.39 is 0 Å². The highest BCUT2D eigenvalue weighted by atomic mass is 32.1. The highest BCUT2D eigenvalue weighted by Gasteiger charge is 2.37. The fraction of sp³-hybridized carbons (Fsp3) is 0.517. The van der Waals surface area contributed by atoms with Crippen LogP contribution < -0.4 is 14.4 Å². The molecule has 10 heteroatoms. The maximum Gasteiger partial charge on any atom is 0.326 e. The molecule has 2 atom stereocenters. The van der Waals surface area contributed by atoms with Gasteiger partial charge in [-0.05, 0) is 55.0 Å². The van der Waals surface area contributed by atoms with Crippen LogP contribution in [-0.2, 0) is 4.79 Å². The summed E-state index contributed by atoms with van der Waals surface area (Å²) in [4.78, 5) is 38.1. The summed E-state index contributed by atoms with van der Waals surface area (Å²) in [5.74, 6) is 1.76. The van der Waals surface area contributed by atoms with Crippen molar-refractivity contribution in [1.82, 2.24) is 19.7 Å².